The normalized spacial score (nSPS) is 29.1. The van der Waals surface area contributed by atoms with Crippen molar-refractivity contribution in [3.63, 3.8) is 0 Å². The zero-order valence-electron chi connectivity index (χ0n) is 15.2. The first kappa shape index (κ1) is 17.3. The van der Waals surface area contributed by atoms with Crippen molar-refractivity contribution in [2.75, 3.05) is 31.1 Å². The molecule has 1 N–H and O–H groups in total. The topological polar surface area (TPSA) is 35.9 Å². The van der Waals surface area contributed by atoms with Crippen LogP contribution in [-0.4, -0.2) is 60.5 Å². The van der Waals surface area contributed by atoms with Crippen molar-refractivity contribution in [1.82, 2.24) is 4.90 Å². The van der Waals surface area contributed by atoms with E-state index in [0.717, 1.165) is 19.6 Å². The van der Waals surface area contributed by atoms with Crippen molar-refractivity contribution in [3.8, 4) is 0 Å². The van der Waals surface area contributed by atoms with Crippen LogP contribution in [0.15, 0.2) is 30.3 Å². The van der Waals surface area contributed by atoms with Crippen molar-refractivity contribution >= 4 is 5.69 Å². The predicted octanol–water partition coefficient (Wildman–Crippen LogP) is 3.05. The Balaban J connectivity index is 1.26. The molecule has 2 aliphatic heterocycles. The minimum absolute atomic E-state index is 0.357. The number of piperazine rings is 1. The van der Waals surface area contributed by atoms with Crippen molar-refractivity contribution < 1.29 is 9.84 Å². The molecule has 2 heterocycles. The number of β-amino-alcohol motifs (C(OH)–C–C–N with tert-alkyl or cyclic N) is 1. The number of hydrogen-bond acceptors (Lipinski definition) is 4. The third-order valence-electron chi connectivity index (χ3n) is 6.16. The summed E-state index contributed by atoms with van der Waals surface area (Å²) < 4.78 is 5.96. The van der Waals surface area contributed by atoms with Gasteiger partial charge in [0.1, 0.15) is 0 Å². The zero-order valence-corrected chi connectivity index (χ0v) is 15.2. The maximum absolute atomic E-state index is 10.4. The van der Waals surface area contributed by atoms with Gasteiger partial charge in [0.05, 0.1) is 18.8 Å². The third kappa shape index (κ3) is 4.18. The van der Waals surface area contributed by atoms with E-state index in [-0.39, 0.29) is 6.10 Å². The second-order valence-electron chi connectivity index (χ2n) is 8.09. The Hall–Kier alpha value is -1.10. The fraction of sp³-hybridized carbons (Fsp3) is 0.714. The number of benzene rings is 1. The lowest BCUT2D eigenvalue weighted by Crippen LogP contribution is -2.55. The molecule has 2 bridgehead atoms. The molecule has 4 rings (SSSR count). The van der Waals surface area contributed by atoms with E-state index >= 15 is 0 Å². The molecule has 0 amide bonds. The molecule has 0 spiro atoms. The minimum Gasteiger partial charge on any atom is -0.389 e. The first-order chi connectivity index (χ1) is 12.3. The van der Waals surface area contributed by atoms with Crippen LogP contribution in [0.25, 0.3) is 0 Å². The van der Waals surface area contributed by atoms with Crippen LogP contribution in [-0.2, 0) is 4.74 Å². The smallest absolute Gasteiger partial charge is 0.0900 e. The van der Waals surface area contributed by atoms with Crippen molar-refractivity contribution in [2.45, 2.75) is 69.2 Å². The SMILES string of the molecule is O[C@H](COC1CCCCC1)CN1C[C@H]2CC[C@@H](C1)N2c1ccccc1. The van der Waals surface area contributed by atoms with E-state index in [2.05, 4.69) is 40.1 Å². The molecule has 3 fully saturated rings. The van der Waals surface area contributed by atoms with Crippen LogP contribution in [0.1, 0.15) is 44.9 Å². The molecule has 1 saturated carbocycles. The van der Waals surface area contributed by atoms with Gasteiger partial charge in [0, 0.05) is 37.4 Å². The molecule has 4 heteroatoms. The Labute approximate surface area is 151 Å². The Morgan fingerprint density at radius 3 is 2.32 bits per heavy atom. The van der Waals surface area contributed by atoms with Gasteiger partial charge >= 0.3 is 0 Å². The van der Waals surface area contributed by atoms with E-state index in [1.807, 2.05) is 0 Å². The number of nitrogens with zero attached hydrogens (tertiary/aromatic N) is 2. The van der Waals surface area contributed by atoms with Crippen molar-refractivity contribution in [1.29, 1.82) is 0 Å². The van der Waals surface area contributed by atoms with Gasteiger partial charge in [-0.1, -0.05) is 37.5 Å². The third-order valence-corrected chi connectivity index (χ3v) is 6.16. The fourth-order valence-electron chi connectivity index (χ4n) is 4.99. The van der Waals surface area contributed by atoms with Gasteiger partial charge in [-0.3, -0.25) is 4.90 Å². The molecule has 3 atom stereocenters. The van der Waals surface area contributed by atoms with E-state index in [1.54, 1.807) is 0 Å². The Bertz CT molecular complexity index is 518. The number of hydrogen-bond donors (Lipinski definition) is 1. The van der Waals surface area contributed by atoms with Gasteiger partial charge in [-0.15, -0.1) is 0 Å². The van der Waals surface area contributed by atoms with Gasteiger partial charge in [-0.25, -0.2) is 0 Å². The summed E-state index contributed by atoms with van der Waals surface area (Å²) in [4.78, 5) is 5.07. The molecule has 0 unspecified atom stereocenters. The van der Waals surface area contributed by atoms with Gasteiger partial charge in [-0.2, -0.15) is 0 Å². The molecular weight excluding hydrogens is 312 g/mol. The summed E-state index contributed by atoms with van der Waals surface area (Å²) in [6, 6.07) is 12.0. The van der Waals surface area contributed by atoms with Crippen molar-refractivity contribution in [2.24, 2.45) is 0 Å². The first-order valence-corrected chi connectivity index (χ1v) is 10.1. The monoisotopic (exact) mass is 344 g/mol. The number of ether oxygens (including phenoxy) is 1. The zero-order chi connectivity index (χ0) is 17.1. The Kier molecular flexibility index (Phi) is 5.59. The summed E-state index contributed by atoms with van der Waals surface area (Å²) in [5.41, 5.74) is 1.36. The minimum atomic E-state index is -0.357. The highest BCUT2D eigenvalue weighted by molar-refractivity contribution is 5.50. The highest BCUT2D eigenvalue weighted by atomic mass is 16.5. The predicted molar refractivity (Wildman–Crippen MR) is 101 cm³/mol. The van der Waals surface area contributed by atoms with Crippen LogP contribution < -0.4 is 4.90 Å². The highest BCUT2D eigenvalue weighted by Crippen LogP contribution is 2.34. The van der Waals surface area contributed by atoms with E-state index in [1.165, 1.54) is 50.6 Å². The lowest BCUT2D eigenvalue weighted by molar-refractivity contribution is -0.0348. The average Bonchev–Trinajstić information content (AvgIpc) is 2.92. The van der Waals surface area contributed by atoms with Crippen LogP contribution in [0.2, 0.25) is 0 Å². The van der Waals surface area contributed by atoms with E-state index < -0.39 is 0 Å². The number of anilines is 1. The molecule has 2 saturated heterocycles. The summed E-state index contributed by atoms with van der Waals surface area (Å²) in [5, 5.41) is 10.4. The summed E-state index contributed by atoms with van der Waals surface area (Å²) >= 11 is 0. The molecule has 1 aromatic rings. The maximum atomic E-state index is 10.4. The summed E-state index contributed by atoms with van der Waals surface area (Å²) in [5.74, 6) is 0. The molecule has 25 heavy (non-hydrogen) atoms. The molecule has 1 aromatic carbocycles. The van der Waals surface area contributed by atoms with Crippen LogP contribution in [0.5, 0.6) is 0 Å². The van der Waals surface area contributed by atoms with Gasteiger partial charge in [0.15, 0.2) is 0 Å². The van der Waals surface area contributed by atoms with E-state index in [9.17, 15) is 5.11 Å². The number of para-hydroxylation sites is 1. The Morgan fingerprint density at radius 2 is 1.64 bits per heavy atom. The largest absolute Gasteiger partial charge is 0.389 e. The summed E-state index contributed by atoms with van der Waals surface area (Å²) in [6.07, 6.45) is 8.82. The van der Waals surface area contributed by atoms with Crippen LogP contribution in [0, 0.1) is 0 Å². The lowest BCUT2D eigenvalue weighted by atomic mass is 9.98. The van der Waals surface area contributed by atoms with Crippen LogP contribution >= 0.6 is 0 Å². The van der Waals surface area contributed by atoms with Gasteiger partial charge in [0.25, 0.3) is 0 Å². The number of aliphatic hydroxyl groups is 1. The molecular formula is C21H32N2O2. The number of rotatable bonds is 6. The summed E-state index contributed by atoms with van der Waals surface area (Å²) in [6.45, 7) is 3.37. The first-order valence-electron chi connectivity index (χ1n) is 10.1. The number of aliphatic hydroxyl groups excluding tert-OH is 1. The van der Waals surface area contributed by atoms with E-state index in [4.69, 9.17) is 4.74 Å². The molecule has 3 aliphatic rings. The lowest BCUT2D eigenvalue weighted by Gasteiger charge is -2.43. The molecule has 4 nitrogen and oxygen atoms in total. The number of likely N-dealkylation sites (tertiary alicyclic amines) is 1. The summed E-state index contributed by atoms with van der Waals surface area (Å²) in [7, 11) is 0. The van der Waals surface area contributed by atoms with Gasteiger partial charge < -0.3 is 14.7 Å². The van der Waals surface area contributed by atoms with E-state index in [0.29, 0.717) is 24.8 Å². The molecule has 0 aromatic heterocycles. The molecule has 138 valence electrons. The quantitative estimate of drug-likeness (QED) is 0.860. The molecule has 1 aliphatic carbocycles. The second kappa shape index (κ2) is 8.07. The van der Waals surface area contributed by atoms with Crippen molar-refractivity contribution in [3.05, 3.63) is 30.3 Å². The maximum Gasteiger partial charge on any atom is 0.0900 e. The Morgan fingerprint density at radius 1 is 0.960 bits per heavy atom. The average molecular weight is 344 g/mol. The number of fused-ring (bicyclic) bond motifs is 2. The second-order valence-corrected chi connectivity index (χ2v) is 8.09. The highest BCUT2D eigenvalue weighted by Gasteiger charge is 2.40. The fourth-order valence-corrected chi connectivity index (χ4v) is 4.99. The van der Waals surface area contributed by atoms with Crippen LogP contribution in [0.4, 0.5) is 5.69 Å². The van der Waals surface area contributed by atoms with Crippen LogP contribution in [0.3, 0.4) is 0 Å². The van der Waals surface area contributed by atoms with Gasteiger partial charge in [-0.05, 0) is 37.8 Å². The molecule has 0 radical (unpaired) electrons. The van der Waals surface area contributed by atoms with Gasteiger partial charge in [0.2, 0.25) is 0 Å². The standard InChI is InChI=1S/C21H32N2O2/c24-20(16-25-21-9-5-2-6-10-21)15-22-13-18-11-12-19(14-22)23(18)17-7-3-1-4-8-17/h1,3-4,7-8,18-21,24H,2,5-6,9-16H2/t18-,19+,20-/m0/s1.